The van der Waals surface area contributed by atoms with E-state index in [4.69, 9.17) is 0 Å². The molecular weight excluding hydrogens is 402 g/mol. The van der Waals surface area contributed by atoms with E-state index >= 15 is 0 Å². The van der Waals surface area contributed by atoms with Gasteiger partial charge in [-0.2, -0.15) is 4.31 Å². The highest BCUT2D eigenvalue weighted by atomic mass is 32.2. The van der Waals surface area contributed by atoms with Gasteiger partial charge in [0.05, 0.1) is 4.90 Å². The zero-order valence-electron chi connectivity index (χ0n) is 17.6. The highest BCUT2D eigenvalue weighted by Crippen LogP contribution is 2.21. The van der Waals surface area contributed by atoms with Crippen molar-refractivity contribution in [2.24, 2.45) is 0 Å². The number of aryl methyl sites for hydroxylation is 1. The second-order valence-electron chi connectivity index (χ2n) is 8.15. The second kappa shape index (κ2) is 10.9. The average Bonchev–Trinajstić information content (AvgIpc) is 2.97. The van der Waals surface area contributed by atoms with Gasteiger partial charge in [-0.3, -0.25) is 9.59 Å². The van der Waals surface area contributed by atoms with E-state index in [0.29, 0.717) is 50.3 Å². The molecule has 0 saturated carbocycles. The van der Waals surface area contributed by atoms with Crippen molar-refractivity contribution in [1.82, 2.24) is 14.5 Å². The Hall–Kier alpha value is -1.93. The fourth-order valence-electron chi connectivity index (χ4n) is 4.04. The number of carbonyl (C=O) groups excluding carboxylic acids is 2. The summed E-state index contributed by atoms with van der Waals surface area (Å²) in [7, 11) is -3.43. The van der Waals surface area contributed by atoms with Crippen LogP contribution in [0, 0.1) is 0 Å². The minimum Gasteiger partial charge on any atom is -0.356 e. The first-order valence-corrected chi connectivity index (χ1v) is 12.5. The lowest BCUT2D eigenvalue weighted by molar-refractivity contribution is -0.127. The maximum atomic E-state index is 12.8. The van der Waals surface area contributed by atoms with Crippen LogP contribution < -0.4 is 5.32 Å². The summed E-state index contributed by atoms with van der Waals surface area (Å²) in [6, 6.07) is 6.91. The number of rotatable bonds is 9. The van der Waals surface area contributed by atoms with Crippen molar-refractivity contribution < 1.29 is 18.0 Å². The molecule has 2 aliphatic heterocycles. The minimum atomic E-state index is -3.43. The number of sulfonamides is 1. The Labute approximate surface area is 179 Å². The van der Waals surface area contributed by atoms with Gasteiger partial charge < -0.3 is 10.2 Å². The van der Waals surface area contributed by atoms with E-state index in [-0.39, 0.29) is 11.8 Å². The van der Waals surface area contributed by atoms with Gasteiger partial charge in [-0.1, -0.05) is 25.0 Å². The smallest absolute Gasteiger partial charge is 0.243 e. The third kappa shape index (κ3) is 6.28. The summed E-state index contributed by atoms with van der Waals surface area (Å²) in [5.74, 6) is 0.187. The fraction of sp³-hybridized carbons (Fsp3) is 0.636. The van der Waals surface area contributed by atoms with Gasteiger partial charge in [0.2, 0.25) is 21.8 Å². The number of hydrogen-bond donors (Lipinski definition) is 1. The predicted octanol–water partition coefficient (Wildman–Crippen LogP) is 2.31. The summed E-state index contributed by atoms with van der Waals surface area (Å²) in [4.78, 5) is 25.8. The summed E-state index contributed by atoms with van der Waals surface area (Å²) in [6.45, 7) is 3.28. The van der Waals surface area contributed by atoms with Gasteiger partial charge in [0.25, 0.3) is 0 Å². The lowest BCUT2D eigenvalue weighted by atomic mass is 10.1. The molecule has 0 bridgehead atoms. The Morgan fingerprint density at radius 1 is 0.967 bits per heavy atom. The zero-order chi connectivity index (χ0) is 21.4. The van der Waals surface area contributed by atoms with Gasteiger partial charge >= 0.3 is 0 Å². The minimum absolute atomic E-state index is 0.0241. The maximum Gasteiger partial charge on any atom is 0.243 e. The van der Waals surface area contributed by atoms with E-state index in [1.807, 2.05) is 4.90 Å². The zero-order valence-corrected chi connectivity index (χ0v) is 18.5. The molecular formula is C22H33N3O4S. The monoisotopic (exact) mass is 435 g/mol. The third-order valence-electron chi connectivity index (χ3n) is 5.87. The van der Waals surface area contributed by atoms with Crippen molar-refractivity contribution in [3.05, 3.63) is 29.8 Å². The van der Waals surface area contributed by atoms with E-state index in [1.165, 1.54) is 0 Å². The van der Waals surface area contributed by atoms with Crippen LogP contribution in [0.15, 0.2) is 29.2 Å². The van der Waals surface area contributed by atoms with Crippen molar-refractivity contribution in [3.8, 4) is 0 Å². The van der Waals surface area contributed by atoms with Crippen LogP contribution in [0.1, 0.15) is 56.9 Å². The van der Waals surface area contributed by atoms with E-state index < -0.39 is 10.0 Å². The normalized spacial score (nSPS) is 18.4. The van der Waals surface area contributed by atoms with E-state index in [9.17, 15) is 18.0 Å². The van der Waals surface area contributed by atoms with Gasteiger partial charge in [0.1, 0.15) is 0 Å². The molecule has 8 heteroatoms. The van der Waals surface area contributed by atoms with Crippen LogP contribution in [0.5, 0.6) is 0 Å². The highest BCUT2D eigenvalue weighted by molar-refractivity contribution is 7.89. The SMILES string of the molecule is O=C(CCc1ccc(S(=O)(=O)N2CCCCCC2)cc1)NCCCN1CCCC1=O. The Balaban J connectivity index is 1.40. The van der Waals surface area contributed by atoms with Crippen LogP contribution in [-0.2, 0) is 26.0 Å². The summed E-state index contributed by atoms with van der Waals surface area (Å²) in [6.07, 6.45) is 7.28. The topological polar surface area (TPSA) is 86.8 Å². The molecule has 0 radical (unpaired) electrons. The second-order valence-corrected chi connectivity index (χ2v) is 10.1. The lowest BCUT2D eigenvalue weighted by Gasteiger charge is -2.20. The highest BCUT2D eigenvalue weighted by Gasteiger charge is 2.25. The summed E-state index contributed by atoms with van der Waals surface area (Å²) in [5.41, 5.74) is 0.947. The van der Waals surface area contributed by atoms with Crippen molar-refractivity contribution in [3.63, 3.8) is 0 Å². The lowest BCUT2D eigenvalue weighted by Crippen LogP contribution is -2.31. The molecule has 7 nitrogen and oxygen atoms in total. The Bertz CT molecular complexity index is 815. The van der Waals surface area contributed by atoms with Crippen molar-refractivity contribution in [1.29, 1.82) is 0 Å². The number of amides is 2. The summed E-state index contributed by atoms with van der Waals surface area (Å²) >= 11 is 0. The molecule has 1 aromatic carbocycles. The first-order valence-electron chi connectivity index (χ1n) is 11.1. The molecule has 2 fully saturated rings. The molecule has 0 aliphatic carbocycles. The summed E-state index contributed by atoms with van der Waals surface area (Å²) < 4.78 is 27.2. The third-order valence-corrected chi connectivity index (χ3v) is 7.78. The molecule has 0 atom stereocenters. The molecule has 0 spiro atoms. The Kier molecular flexibility index (Phi) is 8.27. The van der Waals surface area contributed by atoms with E-state index in [2.05, 4.69) is 5.32 Å². The van der Waals surface area contributed by atoms with E-state index in [0.717, 1.165) is 50.6 Å². The first kappa shape index (κ1) is 22.7. The largest absolute Gasteiger partial charge is 0.356 e. The summed E-state index contributed by atoms with van der Waals surface area (Å²) in [5, 5.41) is 2.90. The molecule has 30 heavy (non-hydrogen) atoms. The predicted molar refractivity (Wildman–Crippen MR) is 115 cm³/mol. The number of nitrogens with one attached hydrogen (secondary N) is 1. The van der Waals surface area contributed by atoms with Crippen LogP contribution in [-0.4, -0.2) is 62.2 Å². The van der Waals surface area contributed by atoms with E-state index in [1.54, 1.807) is 28.6 Å². The number of likely N-dealkylation sites (tertiary alicyclic amines) is 1. The van der Waals surface area contributed by atoms with Crippen LogP contribution in [0.4, 0.5) is 0 Å². The van der Waals surface area contributed by atoms with Crippen molar-refractivity contribution in [2.75, 3.05) is 32.7 Å². The number of hydrogen-bond acceptors (Lipinski definition) is 4. The number of benzene rings is 1. The molecule has 3 rings (SSSR count). The molecule has 2 aliphatic rings. The van der Waals surface area contributed by atoms with Gasteiger partial charge in [0.15, 0.2) is 0 Å². The number of nitrogens with zero attached hydrogens (tertiary/aromatic N) is 2. The van der Waals surface area contributed by atoms with Crippen molar-refractivity contribution >= 4 is 21.8 Å². The molecule has 2 saturated heterocycles. The Morgan fingerprint density at radius 3 is 2.30 bits per heavy atom. The van der Waals surface area contributed by atoms with Gasteiger partial charge in [-0.15, -0.1) is 0 Å². The quantitative estimate of drug-likeness (QED) is 0.603. The number of carbonyl (C=O) groups is 2. The maximum absolute atomic E-state index is 12.8. The molecule has 0 unspecified atom stereocenters. The Morgan fingerprint density at radius 2 is 1.67 bits per heavy atom. The molecule has 2 heterocycles. The molecule has 166 valence electrons. The van der Waals surface area contributed by atoms with Crippen LogP contribution in [0.25, 0.3) is 0 Å². The average molecular weight is 436 g/mol. The van der Waals surface area contributed by atoms with Crippen LogP contribution in [0.2, 0.25) is 0 Å². The van der Waals surface area contributed by atoms with Gasteiger partial charge in [-0.25, -0.2) is 8.42 Å². The van der Waals surface area contributed by atoms with Crippen LogP contribution in [0.3, 0.4) is 0 Å². The molecule has 0 aromatic heterocycles. The van der Waals surface area contributed by atoms with Crippen molar-refractivity contribution in [2.45, 2.75) is 62.7 Å². The van der Waals surface area contributed by atoms with Gasteiger partial charge in [-0.05, 0) is 49.8 Å². The fourth-order valence-corrected chi connectivity index (χ4v) is 5.56. The standard InChI is InChI=1S/C22H33N3O4S/c26-21(23-14-6-16-24-15-5-7-22(24)27)13-10-19-8-11-20(12-9-19)30(28,29)25-17-3-1-2-4-18-25/h8-9,11-12H,1-7,10,13-18H2,(H,23,26). The first-order chi connectivity index (χ1) is 14.5. The van der Waals surface area contributed by atoms with Crippen LogP contribution >= 0.6 is 0 Å². The molecule has 1 N–H and O–H groups in total. The van der Waals surface area contributed by atoms with Gasteiger partial charge in [0, 0.05) is 45.6 Å². The molecule has 1 aromatic rings. The molecule has 2 amide bonds.